The quantitative estimate of drug-likeness (QED) is 0.393. The van der Waals surface area contributed by atoms with E-state index in [1.807, 2.05) is 0 Å². The third-order valence-electron chi connectivity index (χ3n) is 1.67. The number of hydrogen-bond donors (Lipinski definition) is 1. The van der Waals surface area contributed by atoms with Gasteiger partial charge in [-0.2, -0.15) is 0 Å². The molecule has 0 aliphatic carbocycles. The molecule has 5 heteroatoms. The molecule has 0 aromatic rings. The Bertz CT molecular complexity index is 172. The van der Waals surface area contributed by atoms with Crippen molar-refractivity contribution in [1.29, 1.82) is 0 Å². The van der Waals surface area contributed by atoms with Crippen molar-refractivity contribution in [2.75, 3.05) is 27.2 Å². The normalized spacial score (nSPS) is 23.8. The van der Waals surface area contributed by atoms with Crippen molar-refractivity contribution < 1.29 is 14.9 Å². The van der Waals surface area contributed by atoms with Gasteiger partial charge in [0.2, 0.25) is 0 Å². The van der Waals surface area contributed by atoms with Crippen LogP contribution in [0.15, 0.2) is 0 Å². The first-order valence-electron chi connectivity index (χ1n) is 3.42. The first-order chi connectivity index (χ1) is 5.09. The lowest BCUT2D eigenvalue weighted by Gasteiger charge is -2.21. The summed E-state index contributed by atoms with van der Waals surface area (Å²) in [5, 5.41) is 4.62. The maximum atomic E-state index is 10.9. The van der Waals surface area contributed by atoms with E-state index in [0.717, 1.165) is 0 Å². The SMILES string of the molecule is CN1CC(=O)[NH2+]C(=O)CN1C. The second kappa shape index (κ2) is 3.08. The van der Waals surface area contributed by atoms with E-state index in [-0.39, 0.29) is 11.8 Å². The second-order valence-electron chi connectivity index (χ2n) is 2.71. The lowest BCUT2D eigenvalue weighted by atomic mass is 10.5. The molecule has 0 aromatic heterocycles. The Balaban J connectivity index is 2.66. The van der Waals surface area contributed by atoms with Crippen LogP contribution < -0.4 is 5.32 Å². The van der Waals surface area contributed by atoms with Gasteiger partial charge in [0.15, 0.2) is 0 Å². The predicted octanol–water partition coefficient (Wildman–Crippen LogP) is -2.60. The van der Waals surface area contributed by atoms with E-state index in [4.69, 9.17) is 0 Å². The van der Waals surface area contributed by atoms with Crippen molar-refractivity contribution in [2.24, 2.45) is 0 Å². The highest BCUT2D eigenvalue weighted by molar-refractivity contribution is 5.81. The van der Waals surface area contributed by atoms with Gasteiger partial charge in [0.05, 0.1) is 0 Å². The largest absolute Gasteiger partial charge is 0.333 e. The fourth-order valence-corrected chi connectivity index (χ4v) is 0.963. The molecule has 5 nitrogen and oxygen atoms in total. The van der Waals surface area contributed by atoms with Crippen molar-refractivity contribution in [1.82, 2.24) is 10.0 Å². The zero-order chi connectivity index (χ0) is 8.43. The van der Waals surface area contributed by atoms with Gasteiger partial charge < -0.3 is 0 Å². The maximum Gasteiger partial charge on any atom is 0.333 e. The topological polar surface area (TPSA) is 57.2 Å². The van der Waals surface area contributed by atoms with Gasteiger partial charge in [-0.15, -0.1) is 0 Å². The van der Waals surface area contributed by atoms with E-state index < -0.39 is 0 Å². The zero-order valence-electron chi connectivity index (χ0n) is 6.70. The molecule has 1 heterocycles. The van der Waals surface area contributed by atoms with Crippen LogP contribution >= 0.6 is 0 Å². The molecular weight excluding hydrogens is 146 g/mol. The van der Waals surface area contributed by atoms with Gasteiger partial charge in [-0.25, -0.2) is 24.9 Å². The molecule has 62 valence electrons. The molecule has 0 bridgehead atoms. The molecule has 0 atom stereocenters. The monoisotopic (exact) mass is 158 g/mol. The third kappa shape index (κ3) is 2.07. The molecule has 1 saturated heterocycles. The number of imide groups is 1. The Morgan fingerprint density at radius 1 is 1.09 bits per heavy atom. The van der Waals surface area contributed by atoms with Crippen molar-refractivity contribution in [3.63, 3.8) is 0 Å². The van der Waals surface area contributed by atoms with Crippen molar-refractivity contribution in [2.45, 2.75) is 0 Å². The van der Waals surface area contributed by atoms with E-state index in [9.17, 15) is 9.59 Å². The summed E-state index contributed by atoms with van der Waals surface area (Å²) >= 11 is 0. The number of amides is 2. The molecule has 0 aromatic carbocycles. The molecule has 0 spiro atoms. The molecule has 2 amide bonds. The molecule has 0 radical (unpaired) electrons. The van der Waals surface area contributed by atoms with Gasteiger partial charge >= 0.3 is 11.8 Å². The average Bonchev–Trinajstić information content (AvgIpc) is 1.93. The number of hydrazine groups is 1. The van der Waals surface area contributed by atoms with E-state index in [1.54, 1.807) is 24.1 Å². The van der Waals surface area contributed by atoms with E-state index in [0.29, 0.717) is 13.1 Å². The lowest BCUT2D eigenvalue weighted by Crippen LogP contribution is -2.92. The molecule has 1 aliphatic heterocycles. The molecule has 1 fully saturated rings. The predicted molar refractivity (Wildman–Crippen MR) is 37.2 cm³/mol. The number of quaternary nitrogens is 1. The van der Waals surface area contributed by atoms with Crippen molar-refractivity contribution >= 4 is 11.8 Å². The molecular formula is C6H12N3O2+. The summed E-state index contributed by atoms with van der Waals surface area (Å²) in [5.41, 5.74) is 0. The highest BCUT2D eigenvalue weighted by atomic mass is 16.2. The minimum atomic E-state index is -0.123. The summed E-state index contributed by atoms with van der Waals surface area (Å²) < 4.78 is 0. The minimum absolute atomic E-state index is 0.123. The highest BCUT2D eigenvalue weighted by Gasteiger charge is 2.24. The van der Waals surface area contributed by atoms with E-state index >= 15 is 0 Å². The van der Waals surface area contributed by atoms with Gasteiger partial charge in [-0.1, -0.05) is 0 Å². The Morgan fingerprint density at radius 3 is 1.82 bits per heavy atom. The first kappa shape index (κ1) is 8.32. The molecule has 1 rings (SSSR count). The van der Waals surface area contributed by atoms with Crippen LogP contribution in [0.5, 0.6) is 0 Å². The summed E-state index contributed by atoms with van der Waals surface area (Å²) in [6, 6.07) is 0. The number of nitrogens with zero attached hydrogens (tertiary/aromatic N) is 2. The fourth-order valence-electron chi connectivity index (χ4n) is 0.963. The van der Waals surface area contributed by atoms with Gasteiger partial charge in [0, 0.05) is 14.1 Å². The average molecular weight is 158 g/mol. The van der Waals surface area contributed by atoms with Gasteiger partial charge in [0.25, 0.3) is 0 Å². The Labute approximate surface area is 64.9 Å². The van der Waals surface area contributed by atoms with E-state index in [1.165, 1.54) is 5.32 Å². The van der Waals surface area contributed by atoms with Crippen molar-refractivity contribution in [3.8, 4) is 0 Å². The lowest BCUT2D eigenvalue weighted by molar-refractivity contribution is -0.484. The van der Waals surface area contributed by atoms with E-state index in [2.05, 4.69) is 0 Å². The number of carbonyl (C=O) groups is 2. The first-order valence-corrected chi connectivity index (χ1v) is 3.42. The van der Waals surface area contributed by atoms with Crippen LogP contribution in [0.4, 0.5) is 0 Å². The van der Waals surface area contributed by atoms with Crippen LogP contribution in [0.2, 0.25) is 0 Å². The number of primary amides is 2. The van der Waals surface area contributed by atoms with Gasteiger partial charge in [-0.05, 0) is 0 Å². The molecule has 0 unspecified atom stereocenters. The Hall–Kier alpha value is -0.780. The highest BCUT2D eigenvalue weighted by Crippen LogP contribution is 1.89. The number of carbonyl (C=O) groups excluding carboxylic acids is 2. The number of rotatable bonds is 0. The van der Waals surface area contributed by atoms with Crippen LogP contribution in [0.3, 0.4) is 0 Å². The summed E-state index contributed by atoms with van der Waals surface area (Å²) in [4.78, 5) is 21.8. The molecule has 0 saturated carbocycles. The maximum absolute atomic E-state index is 10.9. The standard InChI is InChI=1S/C6H11N3O2/c1-8-3-5(10)7-6(11)4-9(8)2/h3-4H2,1-2H3,(H,7,10,11)/p+1. The second-order valence-corrected chi connectivity index (χ2v) is 2.71. The Kier molecular flexibility index (Phi) is 2.33. The molecule has 2 N–H and O–H groups in total. The van der Waals surface area contributed by atoms with Crippen LogP contribution in [0, 0.1) is 0 Å². The Morgan fingerprint density at radius 2 is 1.45 bits per heavy atom. The van der Waals surface area contributed by atoms with Crippen LogP contribution in [0.1, 0.15) is 0 Å². The fraction of sp³-hybridized carbons (Fsp3) is 0.667. The summed E-state index contributed by atoms with van der Waals surface area (Å²) in [6.45, 7) is 0.588. The third-order valence-corrected chi connectivity index (χ3v) is 1.67. The van der Waals surface area contributed by atoms with Crippen LogP contribution in [-0.4, -0.2) is 49.0 Å². The smallest absolute Gasteiger partial charge is 0.231 e. The molecule has 1 aliphatic rings. The number of likely N-dealkylation sites (N-methyl/N-ethyl adjacent to an activating group) is 2. The van der Waals surface area contributed by atoms with Gasteiger partial charge in [0.1, 0.15) is 13.1 Å². The zero-order valence-corrected chi connectivity index (χ0v) is 6.70. The minimum Gasteiger partial charge on any atom is -0.231 e. The van der Waals surface area contributed by atoms with Crippen molar-refractivity contribution in [3.05, 3.63) is 0 Å². The van der Waals surface area contributed by atoms with Crippen LogP contribution in [0.25, 0.3) is 0 Å². The number of hydrogen-bond acceptors (Lipinski definition) is 4. The molecule has 11 heavy (non-hydrogen) atoms. The van der Waals surface area contributed by atoms with Crippen LogP contribution in [-0.2, 0) is 9.59 Å². The van der Waals surface area contributed by atoms with Gasteiger partial charge in [-0.3, -0.25) is 0 Å². The number of nitrogens with two attached hydrogens (primary N) is 1. The summed E-state index contributed by atoms with van der Waals surface area (Å²) in [7, 11) is 3.56. The summed E-state index contributed by atoms with van der Waals surface area (Å²) in [6.07, 6.45) is 0. The summed E-state index contributed by atoms with van der Waals surface area (Å²) in [5.74, 6) is -0.247.